The van der Waals surface area contributed by atoms with Gasteiger partial charge < -0.3 is 25.0 Å². The topological polar surface area (TPSA) is 123 Å². The summed E-state index contributed by atoms with van der Waals surface area (Å²) < 4.78 is 12.4. The summed E-state index contributed by atoms with van der Waals surface area (Å²) in [4.78, 5) is 42.9. The Morgan fingerprint density at radius 1 is 0.875 bits per heavy atom. The third-order valence-corrected chi connectivity index (χ3v) is 8.33. The Labute approximate surface area is 282 Å². The number of hydrogen-bond acceptors (Lipinski definition) is 9. The number of carbonyl (C=O) groups excluding carboxylic acids is 2. The smallest absolute Gasteiger partial charge is 0.254 e. The Bertz CT molecular complexity index is 2000. The number of methoxy groups -OCH3 is 2. The fraction of sp³-hybridized carbons (Fsp3) is 0.194. The molecule has 0 aliphatic carbocycles. The van der Waals surface area contributed by atoms with Gasteiger partial charge in [-0.3, -0.25) is 14.0 Å². The van der Waals surface area contributed by atoms with Gasteiger partial charge in [-0.1, -0.05) is 48.5 Å². The van der Waals surface area contributed by atoms with Crippen molar-refractivity contribution in [2.75, 3.05) is 51.2 Å². The quantitative estimate of drug-likeness (QED) is 0.142. The molecule has 11 nitrogen and oxygen atoms in total. The van der Waals surface area contributed by atoms with Crippen LogP contribution in [0.4, 0.5) is 17.3 Å². The molecular formula is C36H35N7O4S. The molecule has 2 N–H and O–H groups in total. The molecule has 6 rings (SSSR count). The highest BCUT2D eigenvalue weighted by molar-refractivity contribution is 7.15. The molecule has 244 valence electrons. The minimum Gasteiger partial charge on any atom is -0.383 e. The highest BCUT2D eigenvalue weighted by atomic mass is 32.1. The number of fused-ring (bicyclic) bond motifs is 1. The number of rotatable bonds is 14. The zero-order valence-electron chi connectivity index (χ0n) is 26.6. The number of anilines is 3. The minimum atomic E-state index is -0.121. The normalized spacial score (nSPS) is 11.0. The lowest BCUT2D eigenvalue weighted by Crippen LogP contribution is -2.36. The van der Waals surface area contributed by atoms with Crippen molar-refractivity contribution in [2.24, 2.45) is 0 Å². The van der Waals surface area contributed by atoms with Crippen LogP contribution >= 0.6 is 11.3 Å². The van der Waals surface area contributed by atoms with Gasteiger partial charge in [0.1, 0.15) is 5.69 Å². The summed E-state index contributed by atoms with van der Waals surface area (Å²) in [6, 6.07) is 26.4. The van der Waals surface area contributed by atoms with Gasteiger partial charge in [0.25, 0.3) is 5.91 Å². The first-order valence-electron chi connectivity index (χ1n) is 15.4. The van der Waals surface area contributed by atoms with Crippen LogP contribution < -0.4 is 10.6 Å². The zero-order valence-corrected chi connectivity index (χ0v) is 27.4. The van der Waals surface area contributed by atoms with Crippen LogP contribution in [0.2, 0.25) is 0 Å². The van der Waals surface area contributed by atoms with Crippen molar-refractivity contribution in [2.45, 2.75) is 6.42 Å². The summed E-state index contributed by atoms with van der Waals surface area (Å²) in [5.74, 6) is 0.148. The van der Waals surface area contributed by atoms with Crippen LogP contribution in [0.5, 0.6) is 0 Å². The van der Waals surface area contributed by atoms with E-state index in [9.17, 15) is 9.59 Å². The Morgan fingerprint density at radius 3 is 2.44 bits per heavy atom. The molecule has 3 heterocycles. The second-order valence-electron chi connectivity index (χ2n) is 10.9. The van der Waals surface area contributed by atoms with Crippen LogP contribution in [-0.2, 0) is 20.7 Å². The Hall–Kier alpha value is -5.43. The number of thiazole rings is 1. The molecule has 0 unspecified atom stereocenters. The van der Waals surface area contributed by atoms with Crippen molar-refractivity contribution in [1.82, 2.24) is 24.3 Å². The first kappa shape index (κ1) is 32.5. The van der Waals surface area contributed by atoms with Gasteiger partial charge in [0.2, 0.25) is 11.9 Å². The predicted molar refractivity (Wildman–Crippen MR) is 188 cm³/mol. The average Bonchev–Trinajstić information content (AvgIpc) is 3.71. The van der Waals surface area contributed by atoms with Crippen molar-refractivity contribution in [1.29, 1.82) is 0 Å². The van der Waals surface area contributed by atoms with E-state index in [1.165, 1.54) is 11.3 Å². The number of aromatic nitrogens is 4. The van der Waals surface area contributed by atoms with E-state index in [0.717, 1.165) is 27.5 Å². The molecule has 0 fully saturated rings. The average molecular weight is 662 g/mol. The molecule has 0 aliphatic heterocycles. The maximum absolute atomic E-state index is 13.3. The lowest BCUT2D eigenvalue weighted by molar-refractivity contribution is -0.115. The molecule has 3 aromatic carbocycles. The molecular weight excluding hydrogens is 627 g/mol. The van der Waals surface area contributed by atoms with Gasteiger partial charge in [-0.15, -0.1) is 11.3 Å². The number of nitrogens with one attached hydrogen (secondary N) is 2. The van der Waals surface area contributed by atoms with Crippen molar-refractivity contribution in [3.05, 3.63) is 114 Å². The highest BCUT2D eigenvalue weighted by Crippen LogP contribution is 2.35. The molecule has 0 saturated carbocycles. The molecule has 0 bridgehead atoms. The molecule has 48 heavy (non-hydrogen) atoms. The number of carbonyl (C=O) groups is 2. The number of benzene rings is 3. The summed E-state index contributed by atoms with van der Waals surface area (Å²) in [6.07, 6.45) is 3.93. The Kier molecular flexibility index (Phi) is 10.5. The van der Waals surface area contributed by atoms with E-state index in [1.54, 1.807) is 37.4 Å². The van der Waals surface area contributed by atoms with Gasteiger partial charge in [0.05, 0.1) is 31.0 Å². The van der Waals surface area contributed by atoms with Gasteiger partial charge in [0, 0.05) is 67.6 Å². The van der Waals surface area contributed by atoms with Crippen LogP contribution in [0, 0.1) is 0 Å². The van der Waals surface area contributed by atoms with Crippen molar-refractivity contribution in [3.8, 4) is 22.6 Å². The molecule has 0 saturated heterocycles. The number of imidazole rings is 1. The maximum Gasteiger partial charge on any atom is 0.254 e. The van der Waals surface area contributed by atoms with Crippen LogP contribution in [0.3, 0.4) is 0 Å². The maximum atomic E-state index is 13.3. The van der Waals surface area contributed by atoms with E-state index < -0.39 is 0 Å². The molecule has 0 spiro atoms. The predicted octanol–water partition coefficient (Wildman–Crippen LogP) is 6.18. The van der Waals surface area contributed by atoms with E-state index >= 15 is 0 Å². The first-order chi connectivity index (χ1) is 23.5. The second kappa shape index (κ2) is 15.4. The summed E-state index contributed by atoms with van der Waals surface area (Å²) in [6.45, 7) is 1.76. The molecule has 0 aliphatic rings. The Morgan fingerprint density at radius 2 is 1.65 bits per heavy atom. The summed E-state index contributed by atoms with van der Waals surface area (Å²) in [5, 5.41) is 8.25. The van der Waals surface area contributed by atoms with E-state index in [-0.39, 0.29) is 18.2 Å². The van der Waals surface area contributed by atoms with Gasteiger partial charge in [-0.05, 0) is 42.0 Å². The number of nitrogens with zero attached hydrogens (tertiary/aromatic N) is 5. The number of hydrogen-bond donors (Lipinski definition) is 2. The van der Waals surface area contributed by atoms with Crippen LogP contribution in [-0.4, -0.2) is 76.6 Å². The molecule has 3 aromatic heterocycles. The lowest BCUT2D eigenvalue weighted by Gasteiger charge is -2.22. The molecule has 6 aromatic rings. The van der Waals surface area contributed by atoms with E-state index in [1.807, 2.05) is 88.8 Å². The van der Waals surface area contributed by atoms with E-state index in [0.29, 0.717) is 54.9 Å². The van der Waals surface area contributed by atoms with Crippen molar-refractivity contribution < 1.29 is 19.1 Å². The van der Waals surface area contributed by atoms with Crippen LogP contribution in [0.15, 0.2) is 103 Å². The first-order valence-corrected chi connectivity index (χ1v) is 16.3. The number of amides is 2. The lowest BCUT2D eigenvalue weighted by atomic mass is 10.1. The zero-order chi connectivity index (χ0) is 33.3. The third kappa shape index (κ3) is 7.74. The van der Waals surface area contributed by atoms with Crippen molar-refractivity contribution >= 4 is 45.4 Å². The summed E-state index contributed by atoms with van der Waals surface area (Å²) in [5.41, 5.74) is 5.83. The van der Waals surface area contributed by atoms with Gasteiger partial charge in [0.15, 0.2) is 4.96 Å². The van der Waals surface area contributed by atoms with Gasteiger partial charge in [-0.2, -0.15) is 0 Å². The standard InChI is InChI=1S/C36H35N7O4S/c1-46-19-16-42(17-20-47-2)34(45)27-11-7-13-29(24-27)39-35-37-15-14-30(40-35)33-32(41-36-43(33)18-21-48-36)26-10-6-12-28(23-26)38-31(44)22-25-8-4-3-5-9-25/h3-15,18,21,23-24H,16-17,19-20,22H2,1-2H3,(H,38,44)(H,37,39,40). The molecule has 0 atom stereocenters. The van der Waals surface area contributed by atoms with Crippen LogP contribution in [0.1, 0.15) is 15.9 Å². The summed E-state index contributed by atoms with van der Waals surface area (Å²) in [7, 11) is 3.22. The van der Waals surface area contributed by atoms with Gasteiger partial charge >= 0.3 is 0 Å². The SMILES string of the molecule is COCCN(CCOC)C(=O)c1cccc(Nc2nccc(-c3c(-c4cccc(NC(=O)Cc5ccccc5)c4)nc4sccn34)n2)c1. The molecule has 2 amide bonds. The fourth-order valence-corrected chi connectivity index (χ4v) is 5.99. The molecule has 0 radical (unpaired) electrons. The number of ether oxygens (including phenoxy) is 2. The minimum absolute atomic E-state index is 0.0978. The highest BCUT2D eigenvalue weighted by Gasteiger charge is 2.20. The Balaban J connectivity index is 1.25. The van der Waals surface area contributed by atoms with E-state index in [2.05, 4.69) is 15.6 Å². The largest absolute Gasteiger partial charge is 0.383 e. The fourth-order valence-electron chi connectivity index (χ4n) is 5.27. The monoisotopic (exact) mass is 661 g/mol. The van der Waals surface area contributed by atoms with Gasteiger partial charge in [-0.25, -0.2) is 15.0 Å². The van der Waals surface area contributed by atoms with E-state index in [4.69, 9.17) is 19.4 Å². The van der Waals surface area contributed by atoms with Crippen LogP contribution in [0.25, 0.3) is 27.6 Å². The third-order valence-electron chi connectivity index (χ3n) is 7.57. The molecule has 12 heteroatoms. The second-order valence-corrected chi connectivity index (χ2v) is 11.8. The summed E-state index contributed by atoms with van der Waals surface area (Å²) >= 11 is 1.52. The van der Waals surface area contributed by atoms with Crippen molar-refractivity contribution in [3.63, 3.8) is 0 Å².